The molecule has 18 heavy (non-hydrogen) atoms. The van der Waals surface area contributed by atoms with Gasteiger partial charge in [0.05, 0.1) is 5.52 Å². The highest BCUT2D eigenvalue weighted by Crippen LogP contribution is 2.11. The van der Waals surface area contributed by atoms with Crippen LogP contribution < -0.4 is 10.9 Å². The molecule has 0 fully saturated rings. The SMILES string of the molecule is CCNC(CC)Cn1c(=O)ccc2ccccc21. The molecule has 3 nitrogen and oxygen atoms in total. The fourth-order valence-corrected chi connectivity index (χ4v) is 2.28. The normalized spacial score (nSPS) is 12.8. The van der Waals surface area contributed by atoms with Gasteiger partial charge in [0.25, 0.3) is 5.56 Å². The first-order chi connectivity index (χ1) is 8.76. The Hall–Kier alpha value is -1.61. The molecule has 0 aliphatic rings. The van der Waals surface area contributed by atoms with Crippen LogP contribution in [0.2, 0.25) is 0 Å². The van der Waals surface area contributed by atoms with Gasteiger partial charge in [-0.1, -0.05) is 32.0 Å². The van der Waals surface area contributed by atoms with Crippen LogP contribution in [-0.2, 0) is 6.54 Å². The number of benzene rings is 1. The van der Waals surface area contributed by atoms with Gasteiger partial charge in [0.1, 0.15) is 0 Å². The standard InChI is InChI=1S/C15H20N2O/c1-3-13(16-4-2)11-17-14-8-6-5-7-12(14)9-10-15(17)18/h5-10,13,16H,3-4,11H2,1-2H3. The van der Waals surface area contributed by atoms with Gasteiger partial charge >= 0.3 is 0 Å². The molecule has 1 aromatic carbocycles. The summed E-state index contributed by atoms with van der Waals surface area (Å²) >= 11 is 0. The molecule has 0 aliphatic carbocycles. The Morgan fingerprint density at radius 1 is 1.17 bits per heavy atom. The van der Waals surface area contributed by atoms with Crippen molar-refractivity contribution in [2.45, 2.75) is 32.9 Å². The minimum absolute atomic E-state index is 0.0741. The molecule has 0 saturated carbocycles. The van der Waals surface area contributed by atoms with Gasteiger partial charge in [0.15, 0.2) is 0 Å². The Bertz CT molecular complexity index is 574. The first-order valence-electron chi connectivity index (χ1n) is 6.58. The molecule has 0 aliphatic heterocycles. The highest BCUT2D eigenvalue weighted by atomic mass is 16.1. The predicted octanol–water partition coefficient (Wildman–Crippen LogP) is 2.39. The van der Waals surface area contributed by atoms with E-state index in [0.717, 1.165) is 30.4 Å². The van der Waals surface area contributed by atoms with E-state index in [-0.39, 0.29) is 5.56 Å². The van der Waals surface area contributed by atoms with Crippen molar-refractivity contribution >= 4 is 10.9 Å². The lowest BCUT2D eigenvalue weighted by Crippen LogP contribution is -2.36. The van der Waals surface area contributed by atoms with Gasteiger partial charge in [-0.2, -0.15) is 0 Å². The van der Waals surface area contributed by atoms with Crippen LogP contribution in [0.15, 0.2) is 41.2 Å². The second-order valence-electron chi connectivity index (χ2n) is 4.50. The second kappa shape index (κ2) is 5.83. The number of pyridine rings is 1. The predicted molar refractivity (Wildman–Crippen MR) is 76.0 cm³/mol. The van der Waals surface area contributed by atoms with Gasteiger partial charge in [0.2, 0.25) is 0 Å². The Balaban J connectivity index is 2.42. The van der Waals surface area contributed by atoms with Crippen LogP contribution in [0.25, 0.3) is 10.9 Å². The van der Waals surface area contributed by atoms with Crippen LogP contribution in [0.3, 0.4) is 0 Å². The Morgan fingerprint density at radius 2 is 1.94 bits per heavy atom. The number of nitrogens with zero attached hydrogens (tertiary/aromatic N) is 1. The van der Waals surface area contributed by atoms with Crippen LogP contribution in [0.1, 0.15) is 20.3 Å². The number of hydrogen-bond acceptors (Lipinski definition) is 2. The molecule has 3 heteroatoms. The van der Waals surface area contributed by atoms with E-state index in [1.165, 1.54) is 0 Å². The molecule has 0 bridgehead atoms. The second-order valence-corrected chi connectivity index (χ2v) is 4.50. The van der Waals surface area contributed by atoms with Crippen molar-refractivity contribution < 1.29 is 0 Å². The maximum Gasteiger partial charge on any atom is 0.251 e. The van der Waals surface area contributed by atoms with Gasteiger partial charge in [-0.05, 0) is 30.5 Å². The number of nitrogens with one attached hydrogen (secondary N) is 1. The first-order valence-corrected chi connectivity index (χ1v) is 6.58. The van der Waals surface area contributed by atoms with Gasteiger partial charge in [-0.3, -0.25) is 4.79 Å². The summed E-state index contributed by atoms with van der Waals surface area (Å²) in [4.78, 5) is 12.0. The summed E-state index contributed by atoms with van der Waals surface area (Å²) in [6, 6.07) is 11.9. The number of aromatic nitrogens is 1. The molecular weight excluding hydrogens is 224 g/mol. The van der Waals surface area contributed by atoms with E-state index in [1.54, 1.807) is 6.07 Å². The Kier molecular flexibility index (Phi) is 4.15. The largest absolute Gasteiger partial charge is 0.312 e. The molecule has 1 heterocycles. The Morgan fingerprint density at radius 3 is 2.67 bits per heavy atom. The van der Waals surface area contributed by atoms with Crippen molar-refractivity contribution in [2.75, 3.05) is 6.54 Å². The topological polar surface area (TPSA) is 34.0 Å². The molecule has 1 unspecified atom stereocenters. The zero-order valence-electron chi connectivity index (χ0n) is 11.0. The van der Waals surface area contributed by atoms with Crippen molar-refractivity contribution in [3.8, 4) is 0 Å². The zero-order chi connectivity index (χ0) is 13.0. The van der Waals surface area contributed by atoms with Crippen LogP contribution in [0.5, 0.6) is 0 Å². The van der Waals surface area contributed by atoms with Gasteiger partial charge in [0, 0.05) is 18.7 Å². The molecule has 1 N–H and O–H groups in total. The molecule has 1 aromatic heterocycles. The zero-order valence-corrected chi connectivity index (χ0v) is 11.0. The molecule has 0 amide bonds. The molecule has 96 valence electrons. The monoisotopic (exact) mass is 244 g/mol. The quantitative estimate of drug-likeness (QED) is 0.876. The maximum absolute atomic E-state index is 12.0. The van der Waals surface area contributed by atoms with Gasteiger partial charge in [-0.15, -0.1) is 0 Å². The number of para-hydroxylation sites is 1. The third-order valence-electron chi connectivity index (χ3n) is 3.29. The molecule has 2 aromatic rings. The van der Waals surface area contributed by atoms with Crippen LogP contribution in [0, 0.1) is 0 Å². The average molecular weight is 244 g/mol. The third kappa shape index (κ3) is 2.62. The first kappa shape index (κ1) is 12.8. The van der Waals surface area contributed by atoms with E-state index in [4.69, 9.17) is 0 Å². The minimum Gasteiger partial charge on any atom is -0.312 e. The van der Waals surface area contributed by atoms with Crippen LogP contribution in [0.4, 0.5) is 0 Å². The van der Waals surface area contributed by atoms with E-state index in [2.05, 4.69) is 19.2 Å². The molecule has 0 saturated heterocycles. The van der Waals surface area contributed by atoms with Crippen LogP contribution >= 0.6 is 0 Å². The summed E-state index contributed by atoms with van der Waals surface area (Å²) in [6.45, 7) is 5.89. The van der Waals surface area contributed by atoms with Gasteiger partial charge in [-0.25, -0.2) is 0 Å². The van der Waals surface area contributed by atoms with E-state index in [9.17, 15) is 4.79 Å². The summed E-state index contributed by atoms with van der Waals surface area (Å²) in [6.07, 6.45) is 1.02. The minimum atomic E-state index is 0.0741. The van der Waals surface area contributed by atoms with Gasteiger partial charge < -0.3 is 9.88 Å². The lowest BCUT2D eigenvalue weighted by Gasteiger charge is -2.18. The lowest BCUT2D eigenvalue weighted by molar-refractivity contribution is 0.447. The summed E-state index contributed by atoms with van der Waals surface area (Å²) in [5.41, 5.74) is 1.09. The molecule has 1 atom stereocenters. The molecular formula is C15H20N2O. The number of fused-ring (bicyclic) bond motifs is 1. The van der Waals surface area contributed by atoms with E-state index < -0.39 is 0 Å². The fourth-order valence-electron chi connectivity index (χ4n) is 2.28. The van der Waals surface area contributed by atoms with E-state index in [1.807, 2.05) is 34.9 Å². The van der Waals surface area contributed by atoms with Crippen LogP contribution in [-0.4, -0.2) is 17.2 Å². The molecule has 0 radical (unpaired) electrons. The number of hydrogen-bond donors (Lipinski definition) is 1. The summed E-state index contributed by atoms with van der Waals surface area (Å²) < 4.78 is 1.87. The fraction of sp³-hybridized carbons (Fsp3) is 0.400. The highest BCUT2D eigenvalue weighted by Gasteiger charge is 2.08. The third-order valence-corrected chi connectivity index (χ3v) is 3.29. The summed E-state index contributed by atoms with van der Waals surface area (Å²) in [7, 11) is 0. The van der Waals surface area contributed by atoms with E-state index >= 15 is 0 Å². The van der Waals surface area contributed by atoms with Crippen molar-refractivity contribution in [3.05, 3.63) is 46.8 Å². The number of likely N-dealkylation sites (N-methyl/N-ethyl adjacent to an activating group) is 1. The summed E-state index contributed by atoms with van der Waals surface area (Å²) in [5, 5.41) is 4.53. The smallest absolute Gasteiger partial charge is 0.251 e. The average Bonchev–Trinajstić information content (AvgIpc) is 2.41. The highest BCUT2D eigenvalue weighted by molar-refractivity contribution is 5.78. The Labute approximate surface area is 107 Å². The van der Waals surface area contributed by atoms with E-state index in [0.29, 0.717) is 6.04 Å². The molecule has 2 rings (SSSR count). The van der Waals surface area contributed by atoms with Crippen molar-refractivity contribution in [1.82, 2.24) is 9.88 Å². The lowest BCUT2D eigenvalue weighted by atomic mass is 10.2. The van der Waals surface area contributed by atoms with Crippen molar-refractivity contribution in [3.63, 3.8) is 0 Å². The maximum atomic E-state index is 12.0. The number of rotatable bonds is 5. The molecule has 0 spiro atoms. The van der Waals surface area contributed by atoms with Crippen molar-refractivity contribution in [2.24, 2.45) is 0 Å². The van der Waals surface area contributed by atoms with Crippen molar-refractivity contribution in [1.29, 1.82) is 0 Å². The summed E-state index contributed by atoms with van der Waals surface area (Å²) in [5.74, 6) is 0.